The third-order valence-electron chi connectivity index (χ3n) is 11.2. The molecule has 0 radical (unpaired) electrons. The van der Waals surface area contributed by atoms with E-state index >= 15 is 0 Å². The quantitative estimate of drug-likeness (QED) is 0.174. The van der Waals surface area contributed by atoms with Crippen molar-refractivity contribution in [2.24, 2.45) is 0 Å². The Morgan fingerprint density at radius 1 is 0.333 bits per heavy atom. The van der Waals surface area contributed by atoms with Gasteiger partial charge in [-0.05, 0) is 86.0 Å². The highest BCUT2D eigenvalue weighted by Crippen LogP contribution is 2.53. The van der Waals surface area contributed by atoms with Gasteiger partial charge in [0.2, 0.25) is 0 Å². The topological polar surface area (TPSA) is 25.8 Å². The van der Waals surface area contributed by atoms with Crippen LogP contribution in [0.1, 0.15) is 23.6 Å². The summed E-state index contributed by atoms with van der Waals surface area (Å²) in [6.07, 6.45) is 0. The number of hydrogen-bond acceptors (Lipinski definition) is 2. The lowest BCUT2D eigenvalue weighted by atomic mass is 9.74. The molecule has 1 aliphatic rings. The van der Waals surface area contributed by atoms with Crippen LogP contribution in [0, 0.1) is 0 Å². The zero-order chi connectivity index (χ0) is 36.1. The Morgan fingerprint density at radius 3 is 1.65 bits per heavy atom. The summed E-state index contributed by atoms with van der Waals surface area (Å²) in [7, 11) is 0. The Kier molecular flexibility index (Phi) is 7.63. The van der Waals surface area contributed by atoms with E-state index in [2.05, 4.69) is 183 Å². The normalized spacial score (nSPS) is 14.5. The first-order valence-corrected chi connectivity index (χ1v) is 18.6. The first-order chi connectivity index (χ1) is 26.6. The standard InChI is InChI=1S/C52H36N2/c1-52(40-22-9-4-10-23-40)47-27-14-13-26-44(47)45-29-28-38(33-48(45)52)37-20-15-21-39(32-37)41-30-31-46(43-25-12-11-24-42(41)43)50-34-49(35-16-5-2-6-17-35)53-51(54-50)36-18-7-3-8-19-36/h2-34H,1H3. The Labute approximate surface area is 316 Å². The van der Waals surface area contributed by atoms with Crippen LogP contribution in [0.5, 0.6) is 0 Å². The number of hydrogen-bond donors (Lipinski definition) is 0. The molecule has 2 nitrogen and oxygen atoms in total. The fourth-order valence-electron chi connectivity index (χ4n) is 8.45. The Hall–Kier alpha value is -6.90. The van der Waals surface area contributed by atoms with Gasteiger partial charge in [-0.15, -0.1) is 0 Å². The van der Waals surface area contributed by atoms with E-state index in [4.69, 9.17) is 9.97 Å². The van der Waals surface area contributed by atoms with E-state index in [0.29, 0.717) is 5.82 Å². The lowest BCUT2D eigenvalue weighted by Gasteiger charge is -2.28. The molecule has 0 fully saturated rings. The van der Waals surface area contributed by atoms with Gasteiger partial charge in [0.05, 0.1) is 11.4 Å². The third kappa shape index (κ3) is 5.26. The van der Waals surface area contributed by atoms with Crippen molar-refractivity contribution in [2.75, 3.05) is 0 Å². The highest BCUT2D eigenvalue weighted by molar-refractivity contribution is 6.05. The molecule has 8 aromatic carbocycles. The Morgan fingerprint density at radius 2 is 0.870 bits per heavy atom. The monoisotopic (exact) mass is 688 g/mol. The molecule has 1 unspecified atom stereocenters. The zero-order valence-corrected chi connectivity index (χ0v) is 29.9. The van der Waals surface area contributed by atoms with E-state index in [9.17, 15) is 0 Å². The van der Waals surface area contributed by atoms with Crippen molar-refractivity contribution >= 4 is 10.8 Å². The summed E-state index contributed by atoms with van der Waals surface area (Å²) in [5.41, 5.74) is 16.2. The van der Waals surface area contributed by atoms with Gasteiger partial charge in [0.15, 0.2) is 5.82 Å². The van der Waals surface area contributed by atoms with Crippen molar-refractivity contribution in [3.8, 4) is 67.3 Å². The molecule has 0 amide bonds. The molecular weight excluding hydrogens is 653 g/mol. The van der Waals surface area contributed by atoms with Crippen LogP contribution in [-0.2, 0) is 5.41 Å². The molecule has 1 atom stereocenters. The Balaban J connectivity index is 1.09. The maximum absolute atomic E-state index is 5.17. The number of fused-ring (bicyclic) bond motifs is 4. The van der Waals surface area contributed by atoms with Crippen LogP contribution >= 0.6 is 0 Å². The van der Waals surface area contributed by atoms with Gasteiger partial charge < -0.3 is 0 Å². The van der Waals surface area contributed by atoms with Crippen LogP contribution < -0.4 is 0 Å². The molecule has 1 heterocycles. The van der Waals surface area contributed by atoms with Crippen LogP contribution in [0.25, 0.3) is 78.1 Å². The molecule has 0 aliphatic heterocycles. The molecule has 54 heavy (non-hydrogen) atoms. The smallest absolute Gasteiger partial charge is 0.160 e. The van der Waals surface area contributed by atoms with Gasteiger partial charge in [0.1, 0.15) is 0 Å². The molecule has 0 spiro atoms. The minimum atomic E-state index is -0.241. The van der Waals surface area contributed by atoms with Gasteiger partial charge in [0, 0.05) is 22.1 Å². The van der Waals surface area contributed by atoms with Gasteiger partial charge in [0.25, 0.3) is 0 Å². The maximum Gasteiger partial charge on any atom is 0.160 e. The summed E-state index contributed by atoms with van der Waals surface area (Å²) in [6.45, 7) is 2.38. The number of aromatic nitrogens is 2. The SMILES string of the molecule is CC1(c2ccccc2)c2ccccc2-c2ccc(-c3cccc(-c4ccc(-c5cc(-c6ccccc6)nc(-c6ccccc6)n5)c5ccccc45)c3)cc21. The van der Waals surface area contributed by atoms with Gasteiger partial charge >= 0.3 is 0 Å². The summed E-state index contributed by atoms with van der Waals surface area (Å²) < 4.78 is 0. The lowest BCUT2D eigenvalue weighted by Crippen LogP contribution is -2.22. The van der Waals surface area contributed by atoms with Crippen molar-refractivity contribution in [1.82, 2.24) is 9.97 Å². The van der Waals surface area contributed by atoms with Crippen LogP contribution in [0.3, 0.4) is 0 Å². The van der Waals surface area contributed by atoms with E-state index in [-0.39, 0.29) is 5.41 Å². The van der Waals surface area contributed by atoms with E-state index in [1.54, 1.807) is 0 Å². The van der Waals surface area contributed by atoms with Gasteiger partial charge in [-0.25, -0.2) is 9.97 Å². The number of benzene rings is 8. The Bertz CT molecular complexity index is 2770. The van der Waals surface area contributed by atoms with Crippen molar-refractivity contribution in [2.45, 2.75) is 12.3 Å². The summed E-state index contributed by atoms with van der Waals surface area (Å²) in [6, 6.07) is 71.8. The van der Waals surface area contributed by atoms with Gasteiger partial charge in [-0.2, -0.15) is 0 Å². The highest BCUT2D eigenvalue weighted by atomic mass is 14.9. The first-order valence-electron chi connectivity index (χ1n) is 18.6. The fraction of sp³-hybridized carbons (Fsp3) is 0.0385. The molecule has 1 aliphatic carbocycles. The predicted octanol–water partition coefficient (Wildman–Crippen LogP) is 13.3. The van der Waals surface area contributed by atoms with E-state index in [0.717, 1.165) is 33.5 Å². The molecule has 0 bridgehead atoms. The molecule has 0 N–H and O–H groups in total. The molecule has 0 saturated heterocycles. The van der Waals surface area contributed by atoms with Crippen molar-refractivity contribution < 1.29 is 0 Å². The molecular formula is C52H36N2. The summed E-state index contributed by atoms with van der Waals surface area (Å²) in [4.78, 5) is 10.2. The molecule has 10 rings (SSSR count). The predicted molar refractivity (Wildman–Crippen MR) is 224 cm³/mol. The van der Waals surface area contributed by atoms with E-state index in [1.165, 1.54) is 55.5 Å². The third-order valence-corrected chi connectivity index (χ3v) is 11.2. The number of rotatable bonds is 6. The van der Waals surface area contributed by atoms with Crippen molar-refractivity contribution in [1.29, 1.82) is 0 Å². The minimum absolute atomic E-state index is 0.241. The van der Waals surface area contributed by atoms with Crippen LogP contribution in [0.15, 0.2) is 200 Å². The maximum atomic E-state index is 5.17. The van der Waals surface area contributed by atoms with Crippen molar-refractivity contribution in [3.63, 3.8) is 0 Å². The average molecular weight is 689 g/mol. The number of nitrogens with zero attached hydrogens (tertiary/aromatic N) is 2. The molecule has 2 heteroatoms. The van der Waals surface area contributed by atoms with Crippen LogP contribution in [-0.4, -0.2) is 9.97 Å². The van der Waals surface area contributed by atoms with Gasteiger partial charge in [-0.1, -0.05) is 182 Å². The van der Waals surface area contributed by atoms with E-state index in [1.807, 2.05) is 24.3 Å². The summed E-state index contributed by atoms with van der Waals surface area (Å²) in [5, 5.41) is 2.35. The second kappa shape index (κ2) is 12.9. The first kappa shape index (κ1) is 31.8. The van der Waals surface area contributed by atoms with Crippen LogP contribution in [0.4, 0.5) is 0 Å². The van der Waals surface area contributed by atoms with Crippen molar-refractivity contribution in [3.05, 3.63) is 217 Å². The second-order valence-electron chi connectivity index (χ2n) is 14.3. The minimum Gasteiger partial charge on any atom is -0.228 e. The summed E-state index contributed by atoms with van der Waals surface area (Å²) in [5.74, 6) is 0.716. The van der Waals surface area contributed by atoms with E-state index < -0.39 is 0 Å². The molecule has 0 saturated carbocycles. The molecule has 9 aromatic rings. The van der Waals surface area contributed by atoms with Crippen LogP contribution in [0.2, 0.25) is 0 Å². The molecule has 1 aromatic heterocycles. The zero-order valence-electron chi connectivity index (χ0n) is 29.9. The largest absolute Gasteiger partial charge is 0.228 e. The lowest BCUT2D eigenvalue weighted by molar-refractivity contribution is 0.714. The fourth-order valence-corrected chi connectivity index (χ4v) is 8.45. The second-order valence-corrected chi connectivity index (χ2v) is 14.3. The molecule has 254 valence electrons. The highest BCUT2D eigenvalue weighted by Gasteiger charge is 2.40. The van der Waals surface area contributed by atoms with Gasteiger partial charge in [-0.3, -0.25) is 0 Å². The average Bonchev–Trinajstić information content (AvgIpc) is 3.52. The summed E-state index contributed by atoms with van der Waals surface area (Å²) >= 11 is 0.